The molecule has 21 heavy (non-hydrogen) atoms. The van der Waals surface area contributed by atoms with Gasteiger partial charge in [-0.2, -0.15) is 0 Å². The number of rotatable bonds is 8. The third-order valence-corrected chi connectivity index (χ3v) is 3.15. The van der Waals surface area contributed by atoms with Crippen molar-refractivity contribution < 1.29 is 9.53 Å². The lowest BCUT2D eigenvalue weighted by molar-refractivity contribution is -0.121. The second kappa shape index (κ2) is 10.0. The van der Waals surface area contributed by atoms with E-state index < -0.39 is 0 Å². The zero-order chi connectivity index (χ0) is 15.0. The summed E-state index contributed by atoms with van der Waals surface area (Å²) in [5.74, 6) is 0.898. The first-order valence-corrected chi connectivity index (χ1v) is 7.60. The molecule has 0 radical (unpaired) electrons. The van der Waals surface area contributed by atoms with Gasteiger partial charge in [-0.1, -0.05) is 15.9 Å². The molecular formula is C15H24BrClN2O2. The average molecular weight is 380 g/mol. The van der Waals surface area contributed by atoms with Crippen LogP contribution < -0.4 is 15.8 Å². The van der Waals surface area contributed by atoms with E-state index in [1.807, 2.05) is 38.1 Å². The largest absolute Gasteiger partial charge is 0.494 e. The van der Waals surface area contributed by atoms with Gasteiger partial charge in [0.25, 0.3) is 0 Å². The minimum atomic E-state index is -0.361. The molecule has 0 spiro atoms. The summed E-state index contributed by atoms with van der Waals surface area (Å²) in [6.07, 6.45) is 2.18. The van der Waals surface area contributed by atoms with E-state index in [2.05, 4.69) is 21.2 Å². The monoisotopic (exact) mass is 378 g/mol. The van der Waals surface area contributed by atoms with Gasteiger partial charge >= 0.3 is 0 Å². The lowest BCUT2D eigenvalue weighted by atomic mass is 10.1. The molecule has 0 aromatic heterocycles. The van der Waals surface area contributed by atoms with E-state index in [0.29, 0.717) is 19.6 Å². The van der Waals surface area contributed by atoms with Crippen LogP contribution in [-0.4, -0.2) is 24.6 Å². The van der Waals surface area contributed by atoms with Crippen LogP contribution in [0.2, 0.25) is 0 Å². The van der Waals surface area contributed by atoms with Gasteiger partial charge in [0.15, 0.2) is 0 Å². The molecule has 1 aromatic rings. The van der Waals surface area contributed by atoms with Gasteiger partial charge in [0.05, 0.1) is 6.61 Å². The van der Waals surface area contributed by atoms with E-state index in [4.69, 9.17) is 10.5 Å². The second-order valence-electron chi connectivity index (χ2n) is 5.52. The highest BCUT2D eigenvalue weighted by molar-refractivity contribution is 9.10. The van der Waals surface area contributed by atoms with Crippen LogP contribution >= 0.6 is 28.3 Å². The molecule has 0 aliphatic rings. The number of benzene rings is 1. The highest BCUT2D eigenvalue weighted by atomic mass is 79.9. The molecule has 0 unspecified atom stereocenters. The molecule has 3 N–H and O–H groups in total. The average Bonchev–Trinajstić information content (AvgIpc) is 2.37. The van der Waals surface area contributed by atoms with Crippen molar-refractivity contribution in [2.45, 2.75) is 38.6 Å². The van der Waals surface area contributed by atoms with Crippen LogP contribution in [0.15, 0.2) is 28.7 Å². The highest BCUT2D eigenvalue weighted by Crippen LogP contribution is 2.16. The standard InChI is InChI=1S/C15H23BrN2O2.ClH/c1-15(2,17)11-18-14(19)5-3-4-10-20-13-8-6-12(16)7-9-13;/h6-9H,3-5,10-11,17H2,1-2H3,(H,18,19);1H. The van der Waals surface area contributed by atoms with Gasteiger partial charge in [-0.3, -0.25) is 4.79 Å². The third kappa shape index (κ3) is 10.6. The van der Waals surface area contributed by atoms with Crippen molar-refractivity contribution in [3.63, 3.8) is 0 Å². The zero-order valence-electron chi connectivity index (χ0n) is 12.5. The third-order valence-electron chi connectivity index (χ3n) is 2.62. The molecule has 1 amide bonds. The van der Waals surface area contributed by atoms with Gasteiger partial charge in [-0.25, -0.2) is 0 Å². The first-order valence-electron chi connectivity index (χ1n) is 6.81. The Morgan fingerprint density at radius 3 is 2.48 bits per heavy atom. The Morgan fingerprint density at radius 2 is 1.90 bits per heavy atom. The van der Waals surface area contributed by atoms with Crippen molar-refractivity contribution in [2.75, 3.05) is 13.2 Å². The summed E-state index contributed by atoms with van der Waals surface area (Å²) >= 11 is 3.37. The zero-order valence-corrected chi connectivity index (χ0v) is 14.9. The molecule has 1 rings (SSSR count). The number of nitrogens with one attached hydrogen (secondary N) is 1. The summed E-state index contributed by atoms with van der Waals surface area (Å²) in [6, 6.07) is 7.72. The molecule has 4 nitrogen and oxygen atoms in total. The number of nitrogens with two attached hydrogens (primary N) is 1. The Bertz CT molecular complexity index is 419. The molecule has 0 heterocycles. The maximum Gasteiger partial charge on any atom is 0.220 e. The minimum absolute atomic E-state index is 0. The van der Waals surface area contributed by atoms with Crippen LogP contribution in [0.3, 0.4) is 0 Å². The Balaban J connectivity index is 0.00000400. The maximum absolute atomic E-state index is 11.5. The lowest BCUT2D eigenvalue weighted by Gasteiger charge is -2.18. The molecule has 0 saturated heterocycles. The van der Waals surface area contributed by atoms with E-state index in [1.54, 1.807) is 0 Å². The number of unbranched alkanes of at least 4 members (excludes halogenated alkanes) is 1. The van der Waals surface area contributed by atoms with Crippen molar-refractivity contribution in [1.82, 2.24) is 5.32 Å². The topological polar surface area (TPSA) is 64.3 Å². The van der Waals surface area contributed by atoms with Gasteiger partial charge in [-0.15, -0.1) is 12.4 Å². The fourth-order valence-corrected chi connectivity index (χ4v) is 1.79. The molecular weight excluding hydrogens is 356 g/mol. The fourth-order valence-electron chi connectivity index (χ4n) is 1.52. The van der Waals surface area contributed by atoms with Gasteiger partial charge in [-0.05, 0) is 51.0 Å². The van der Waals surface area contributed by atoms with E-state index in [0.717, 1.165) is 23.1 Å². The van der Waals surface area contributed by atoms with Gasteiger partial charge in [0, 0.05) is 23.0 Å². The number of hydrogen-bond donors (Lipinski definition) is 2. The summed E-state index contributed by atoms with van der Waals surface area (Å²) in [5.41, 5.74) is 5.44. The van der Waals surface area contributed by atoms with Crippen molar-refractivity contribution in [3.05, 3.63) is 28.7 Å². The maximum atomic E-state index is 11.5. The lowest BCUT2D eigenvalue weighted by Crippen LogP contribution is -2.45. The van der Waals surface area contributed by atoms with Crippen molar-refractivity contribution >= 4 is 34.2 Å². The summed E-state index contributed by atoms with van der Waals surface area (Å²) in [5, 5.41) is 2.83. The summed E-state index contributed by atoms with van der Waals surface area (Å²) < 4.78 is 6.62. The van der Waals surface area contributed by atoms with Crippen LogP contribution in [0.1, 0.15) is 33.1 Å². The predicted molar refractivity (Wildman–Crippen MR) is 92.0 cm³/mol. The quantitative estimate of drug-likeness (QED) is 0.681. The van der Waals surface area contributed by atoms with Crippen LogP contribution in [-0.2, 0) is 4.79 Å². The number of amides is 1. The summed E-state index contributed by atoms with van der Waals surface area (Å²) in [6.45, 7) is 4.90. The Morgan fingerprint density at radius 1 is 1.29 bits per heavy atom. The van der Waals surface area contributed by atoms with Gasteiger partial charge < -0.3 is 15.8 Å². The number of halogens is 2. The van der Waals surface area contributed by atoms with Crippen LogP contribution in [0, 0.1) is 0 Å². The predicted octanol–water partition coefficient (Wildman–Crippen LogP) is 3.27. The second-order valence-corrected chi connectivity index (χ2v) is 6.44. The molecule has 0 saturated carbocycles. The molecule has 0 atom stereocenters. The van der Waals surface area contributed by atoms with Gasteiger partial charge in [0.2, 0.25) is 5.91 Å². The summed E-state index contributed by atoms with van der Waals surface area (Å²) in [7, 11) is 0. The van der Waals surface area contributed by atoms with Crippen LogP contribution in [0.25, 0.3) is 0 Å². The highest BCUT2D eigenvalue weighted by Gasteiger charge is 2.11. The van der Waals surface area contributed by atoms with E-state index in [-0.39, 0.29) is 23.9 Å². The van der Waals surface area contributed by atoms with Crippen molar-refractivity contribution in [2.24, 2.45) is 5.73 Å². The van der Waals surface area contributed by atoms with E-state index in [9.17, 15) is 4.79 Å². The van der Waals surface area contributed by atoms with Crippen molar-refractivity contribution in [1.29, 1.82) is 0 Å². The number of hydrogen-bond acceptors (Lipinski definition) is 3. The SMILES string of the molecule is CC(C)(N)CNC(=O)CCCCOc1ccc(Br)cc1.Cl. The molecule has 0 aliphatic carbocycles. The van der Waals surface area contributed by atoms with E-state index in [1.165, 1.54) is 0 Å². The van der Waals surface area contributed by atoms with Gasteiger partial charge in [0.1, 0.15) is 5.75 Å². The molecule has 0 aliphatic heterocycles. The first kappa shape index (κ1) is 20.2. The first-order chi connectivity index (χ1) is 9.37. The Labute approximate surface area is 141 Å². The molecule has 0 bridgehead atoms. The number of ether oxygens (including phenoxy) is 1. The van der Waals surface area contributed by atoms with Crippen LogP contribution in [0.4, 0.5) is 0 Å². The normalized spacial score (nSPS) is 10.7. The van der Waals surface area contributed by atoms with Crippen LogP contribution in [0.5, 0.6) is 5.75 Å². The molecule has 1 aromatic carbocycles. The molecule has 6 heteroatoms. The van der Waals surface area contributed by atoms with E-state index >= 15 is 0 Å². The summed E-state index contributed by atoms with van der Waals surface area (Å²) in [4.78, 5) is 11.5. The fraction of sp³-hybridized carbons (Fsp3) is 0.533. The Kier molecular flexibility index (Phi) is 9.66. The minimum Gasteiger partial charge on any atom is -0.494 e. The molecule has 120 valence electrons. The number of carbonyl (C=O) groups is 1. The number of carbonyl (C=O) groups excluding carboxylic acids is 1. The molecule has 0 fully saturated rings. The smallest absolute Gasteiger partial charge is 0.220 e. The Hall–Kier alpha value is -0.780. The van der Waals surface area contributed by atoms with Crippen molar-refractivity contribution in [3.8, 4) is 5.75 Å².